The van der Waals surface area contributed by atoms with Crippen LogP contribution in [0.5, 0.6) is 0 Å². The third-order valence-corrected chi connectivity index (χ3v) is 11.8. The van der Waals surface area contributed by atoms with Gasteiger partial charge in [-0.25, -0.2) is 9.13 Å². The number of esters is 2. The summed E-state index contributed by atoms with van der Waals surface area (Å²) in [5, 5.41) is 50.5. The Balaban J connectivity index is 2.65. The van der Waals surface area contributed by atoms with Crippen LogP contribution in [0.3, 0.4) is 0 Å². The van der Waals surface area contributed by atoms with Gasteiger partial charge in [0.1, 0.15) is 43.2 Å². The average molecular weight is 979 g/mol. The van der Waals surface area contributed by atoms with Crippen molar-refractivity contribution >= 4 is 27.6 Å². The zero-order chi connectivity index (χ0) is 49.1. The molecule has 1 aliphatic rings. The highest BCUT2D eigenvalue weighted by atomic mass is 31.2. The SMILES string of the molecule is CCCCC/C=C\C/C=C\CCCCCCCC(=O)O[C@H](COC(=O)CCC/C=C\C/C=C\C/C=C\C/C=C\CCC[C@@H](C)O)COP(=O)(O)O[C@H]1C(O)C(O)C(O)[C@@H](OP(=O)(O)O)C1O. The Bertz CT molecular complexity index is 1570. The molecule has 5 unspecified atom stereocenters. The maximum absolute atomic E-state index is 13.0. The summed E-state index contributed by atoms with van der Waals surface area (Å²) in [6, 6.07) is 0. The summed E-state index contributed by atoms with van der Waals surface area (Å²) in [5.41, 5.74) is 0. The topological polar surface area (TPSA) is 276 Å². The van der Waals surface area contributed by atoms with Gasteiger partial charge in [-0.1, -0.05) is 112 Å². The Kier molecular flexibility index (Phi) is 34.7. The number of phosphoric ester groups is 2. The molecule has 1 rings (SSSR count). The summed E-state index contributed by atoms with van der Waals surface area (Å²) in [5.74, 6) is -1.31. The first-order chi connectivity index (χ1) is 31.5. The Morgan fingerprint density at radius 2 is 1.00 bits per heavy atom. The standard InChI is InChI=1S/C47H80O17P2/c1-3-4-5-6-7-8-9-10-12-17-20-23-26-29-32-35-41(50)62-39(37-61-66(58,59)64-47-44(53)42(51)43(52)46(45(47)54)63-65(55,56)57)36-60-40(49)34-31-28-25-22-19-16-14-11-13-15-18-21-24-27-30-33-38(2)48/h7-8,10,12-16,21-22,24-25,38-39,42-48,51-54H,3-6,9,11,17-20,23,26-37H2,1-2H3,(H,58,59)(H2,55,56,57)/b8-7-,12-10-,15-13-,16-14-,24-21-,25-22-/t38-,39-,42?,43?,44?,45?,46-,47+/m1/s1. The van der Waals surface area contributed by atoms with E-state index in [-0.39, 0.29) is 18.9 Å². The quantitative estimate of drug-likeness (QED) is 0.0127. The van der Waals surface area contributed by atoms with E-state index in [1.54, 1.807) is 6.92 Å². The number of hydrogen-bond donors (Lipinski definition) is 8. The molecule has 0 heterocycles. The van der Waals surface area contributed by atoms with Crippen LogP contribution in [0.15, 0.2) is 72.9 Å². The van der Waals surface area contributed by atoms with Crippen LogP contribution >= 0.6 is 15.6 Å². The second-order valence-electron chi connectivity index (χ2n) is 16.4. The third-order valence-electron chi connectivity index (χ3n) is 10.3. The molecule has 1 saturated carbocycles. The van der Waals surface area contributed by atoms with Gasteiger partial charge in [0.15, 0.2) is 6.10 Å². The lowest BCUT2D eigenvalue weighted by atomic mass is 9.85. The minimum absolute atomic E-state index is 0.00644. The highest BCUT2D eigenvalue weighted by Gasteiger charge is 2.54. The summed E-state index contributed by atoms with van der Waals surface area (Å²) in [6.07, 6.45) is 27.1. The van der Waals surface area contributed by atoms with Crippen LogP contribution in [0.4, 0.5) is 0 Å². The molecular weight excluding hydrogens is 898 g/mol. The molecule has 0 aromatic carbocycles. The highest BCUT2D eigenvalue weighted by Crippen LogP contribution is 2.49. The van der Waals surface area contributed by atoms with Gasteiger partial charge in [-0.2, -0.15) is 0 Å². The lowest BCUT2D eigenvalue weighted by Crippen LogP contribution is -2.64. The second-order valence-corrected chi connectivity index (χ2v) is 19.0. The molecule has 0 amide bonds. The van der Waals surface area contributed by atoms with E-state index in [4.69, 9.17) is 28.3 Å². The molecule has 9 atom stereocenters. The molecule has 0 aliphatic heterocycles. The van der Waals surface area contributed by atoms with Gasteiger partial charge < -0.3 is 49.7 Å². The van der Waals surface area contributed by atoms with Crippen LogP contribution in [0, 0.1) is 0 Å². The monoisotopic (exact) mass is 978 g/mol. The lowest BCUT2D eigenvalue weighted by Gasteiger charge is -2.43. The first-order valence-corrected chi connectivity index (χ1v) is 26.5. The van der Waals surface area contributed by atoms with Gasteiger partial charge in [0.2, 0.25) is 0 Å². The minimum atomic E-state index is -5.38. The molecule has 66 heavy (non-hydrogen) atoms. The van der Waals surface area contributed by atoms with Crippen LogP contribution < -0.4 is 0 Å². The molecule has 0 aromatic rings. The highest BCUT2D eigenvalue weighted by molar-refractivity contribution is 7.47. The predicted molar refractivity (Wildman–Crippen MR) is 252 cm³/mol. The number of hydrogen-bond acceptors (Lipinski definition) is 14. The molecule has 1 fully saturated rings. The molecule has 8 N–H and O–H groups in total. The number of carbonyl (C=O) groups is 2. The van der Waals surface area contributed by atoms with Gasteiger partial charge in [-0.3, -0.25) is 23.2 Å². The summed E-state index contributed by atoms with van der Waals surface area (Å²) in [7, 11) is -10.7. The molecule has 0 aromatic heterocycles. The third kappa shape index (κ3) is 32.2. The fourth-order valence-electron chi connectivity index (χ4n) is 6.60. The summed E-state index contributed by atoms with van der Waals surface area (Å²) in [4.78, 5) is 54.2. The van der Waals surface area contributed by atoms with Gasteiger partial charge >= 0.3 is 27.6 Å². The van der Waals surface area contributed by atoms with Crippen molar-refractivity contribution in [3.63, 3.8) is 0 Å². The number of carbonyl (C=O) groups excluding carboxylic acids is 2. The van der Waals surface area contributed by atoms with E-state index < -0.39 is 83.5 Å². The van der Waals surface area contributed by atoms with Crippen LogP contribution in [-0.4, -0.2) is 114 Å². The van der Waals surface area contributed by atoms with Gasteiger partial charge in [0.25, 0.3) is 0 Å². The Hall–Kier alpha value is -2.60. The van der Waals surface area contributed by atoms with Gasteiger partial charge in [-0.05, 0) is 96.8 Å². The molecule has 0 radical (unpaired) electrons. The van der Waals surface area contributed by atoms with E-state index in [9.17, 15) is 49.1 Å². The maximum Gasteiger partial charge on any atom is 0.472 e. The molecule has 0 spiro atoms. The molecule has 0 saturated heterocycles. The Morgan fingerprint density at radius 1 is 0.545 bits per heavy atom. The van der Waals surface area contributed by atoms with E-state index in [0.717, 1.165) is 83.5 Å². The number of unbranched alkanes of at least 4 members (excludes halogenated alkanes) is 10. The zero-order valence-corrected chi connectivity index (χ0v) is 40.7. The van der Waals surface area contributed by atoms with Gasteiger partial charge in [0.05, 0.1) is 12.7 Å². The maximum atomic E-state index is 13.0. The van der Waals surface area contributed by atoms with E-state index in [2.05, 4.69) is 66.1 Å². The summed E-state index contributed by atoms with van der Waals surface area (Å²) in [6.45, 7) is 2.56. The smallest absolute Gasteiger partial charge is 0.462 e. The average Bonchev–Trinajstić information content (AvgIpc) is 3.26. The van der Waals surface area contributed by atoms with Crippen molar-refractivity contribution in [1.82, 2.24) is 0 Å². The van der Waals surface area contributed by atoms with Crippen LogP contribution in [0.1, 0.15) is 149 Å². The van der Waals surface area contributed by atoms with Gasteiger partial charge in [0, 0.05) is 12.8 Å². The molecule has 17 nitrogen and oxygen atoms in total. The Morgan fingerprint density at radius 3 is 1.53 bits per heavy atom. The number of rotatable bonds is 38. The number of aliphatic hydroxyl groups excluding tert-OH is 5. The second kappa shape index (κ2) is 37.3. The van der Waals surface area contributed by atoms with E-state index in [1.807, 2.05) is 18.2 Å². The molecule has 1 aliphatic carbocycles. The minimum Gasteiger partial charge on any atom is -0.462 e. The largest absolute Gasteiger partial charge is 0.472 e. The number of allylic oxidation sites excluding steroid dienone is 12. The lowest BCUT2D eigenvalue weighted by molar-refractivity contribution is -0.216. The fraction of sp³-hybridized carbons (Fsp3) is 0.702. The fourth-order valence-corrected chi connectivity index (χ4v) is 8.13. The van der Waals surface area contributed by atoms with Crippen molar-refractivity contribution in [2.45, 2.75) is 198 Å². The molecule has 0 bridgehead atoms. The van der Waals surface area contributed by atoms with Crippen molar-refractivity contribution in [3.05, 3.63) is 72.9 Å². The summed E-state index contributed by atoms with van der Waals surface area (Å²) >= 11 is 0. The van der Waals surface area contributed by atoms with E-state index >= 15 is 0 Å². The summed E-state index contributed by atoms with van der Waals surface area (Å²) < 4.78 is 49.3. The normalized spacial score (nSPS) is 22.6. The number of phosphoric acid groups is 2. The van der Waals surface area contributed by atoms with Crippen LogP contribution in [-0.2, 0) is 41.8 Å². The molecular formula is C47H80O17P2. The Labute approximate surface area is 392 Å². The molecule has 380 valence electrons. The molecule has 19 heteroatoms. The zero-order valence-electron chi connectivity index (χ0n) is 39.0. The van der Waals surface area contributed by atoms with Crippen molar-refractivity contribution in [3.8, 4) is 0 Å². The van der Waals surface area contributed by atoms with Crippen molar-refractivity contribution in [2.75, 3.05) is 13.2 Å². The number of aliphatic hydroxyl groups is 5. The van der Waals surface area contributed by atoms with Crippen molar-refractivity contribution in [2.24, 2.45) is 0 Å². The van der Waals surface area contributed by atoms with E-state index in [1.165, 1.54) is 19.3 Å². The number of ether oxygens (including phenoxy) is 2. The van der Waals surface area contributed by atoms with Crippen LogP contribution in [0.25, 0.3) is 0 Å². The first kappa shape index (κ1) is 61.4. The predicted octanol–water partition coefficient (Wildman–Crippen LogP) is 7.81. The van der Waals surface area contributed by atoms with Gasteiger partial charge in [-0.15, -0.1) is 0 Å². The van der Waals surface area contributed by atoms with Crippen molar-refractivity contribution in [1.29, 1.82) is 0 Å². The van der Waals surface area contributed by atoms with E-state index in [0.29, 0.717) is 19.3 Å². The van der Waals surface area contributed by atoms with Crippen molar-refractivity contribution < 1.29 is 82.0 Å². The first-order valence-electron chi connectivity index (χ1n) is 23.5. The van der Waals surface area contributed by atoms with Crippen LogP contribution in [0.2, 0.25) is 0 Å².